The molecule has 5 nitrogen and oxygen atoms in total. The van der Waals surface area contributed by atoms with Gasteiger partial charge in [-0.1, -0.05) is 65.9 Å². The fraction of sp³-hybridized carbons (Fsp3) is 0.120. The standard InChI is InChI=1S/C25H20ClNO4S2/c1-29-19-10-8-18(9-11-19)27-24(28)22(33-25(27)32)14-17-12-20(26)23(21(13-17)30-2)31-15-16-6-4-3-5-7-16/h3-14H,15H2,1-2H3/b22-14+. The molecule has 0 unspecified atom stereocenters. The number of hydrogen-bond acceptors (Lipinski definition) is 6. The number of methoxy groups -OCH3 is 2. The number of halogens is 1. The largest absolute Gasteiger partial charge is 0.497 e. The van der Waals surface area contributed by atoms with Crippen molar-refractivity contribution in [1.82, 2.24) is 0 Å². The van der Waals surface area contributed by atoms with Crippen LogP contribution in [0.2, 0.25) is 5.02 Å². The number of thiocarbonyl (C=S) groups is 1. The third-order valence-electron chi connectivity index (χ3n) is 4.90. The van der Waals surface area contributed by atoms with Gasteiger partial charge in [0.2, 0.25) is 0 Å². The molecule has 1 fully saturated rings. The van der Waals surface area contributed by atoms with Crippen LogP contribution in [0.4, 0.5) is 5.69 Å². The summed E-state index contributed by atoms with van der Waals surface area (Å²) in [7, 11) is 3.14. The molecular weight excluding hydrogens is 478 g/mol. The minimum Gasteiger partial charge on any atom is -0.497 e. The number of thioether (sulfide) groups is 1. The molecule has 0 aliphatic carbocycles. The molecule has 8 heteroatoms. The second-order valence-corrected chi connectivity index (χ2v) is 9.11. The third kappa shape index (κ3) is 5.16. The maximum absolute atomic E-state index is 13.1. The zero-order valence-electron chi connectivity index (χ0n) is 17.9. The van der Waals surface area contributed by atoms with Crippen LogP contribution in [0.25, 0.3) is 6.08 Å². The van der Waals surface area contributed by atoms with E-state index in [2.05, 4.69) is 0 Å². The predicted molar refractivity (Wildman–Crippen MR) is 137 cm³/mol. The number of hydrogen-bond donors (Lipinski definition) is 0. The summed E-state index contributed by atoms with van der Waals surface area (Å²) < 4.78 is 17.1. The van der Waals surface area contributed by atoms with Gasteiger partial charge in [-0.3, -0.25) is 9.69 Å². The molecule has 0 spiro atoms. The topological polar surface area (TPSA) is 48.0 Å². The lowest BCUT2D eigenvalue weighted by atomic mass is 10.1. The van der Waals surface area contributed by atoms with E-state index in [-0.39, 0.29) is 5.91 Å². The molecule has 33 heavy (non-hydrogen) atoms. The molecule has 0 atom stereocenters. The molecule has 0 radical (unpaired) electrons. The van der Waals surface area contributed by atoms with E-state index in [0.717, 1.165) is 5.56 Å². The fourth-order valence-corrected chi connectivity index (χ4v) is 4.84. The van der Waals surface area contributed by atoms with Gasteiger partial charge in [0, 0.05) is 0 Å². The zero-order valence-corrected chi connectivity index (χ0v) is 20.3. The average Bonchev–Trinajstić information content (AvgIpc) is 3.11. The van der Waals surface area contributed by atoms with E-state index in [1.54, 1.807) is 56.7 Å². The smallest absolute Gasteiger partial charge is 0.270 e. The van der Waals surface area contributed by atoms with Gasteiger partial charge in [-0.15, -0.1) is 0 Å². The minimum atomic E-state index is -0.199. The fourth-order valence-electron chi connectivity index (χ4n) is 3.27. The number of nitrogens with zero attached hydrogens (tertiary/aromatic N) is 1. The van der Waals surface area contributed by atoms with Crippen molar-refractivity contribution in [2.45, 2.75) is 6.61 Å². The van der Waals surface area contributed by atoms with Crippen LogP contribution in [0.1, 0.15) is 11.1 Å². The van der Waals surface area contributed by atoms with Gasteiger partial charge >= 0.3 is 0 Å². The van der Waals surface area contributed by atoms with Crippen LogP contribution in [-0.2, 0) is 11.4 Å². The second kappa shape index (κ2) is 10.3. The van der Waals surface area contributed by atoms with Crippen LogP contribution in [-0.4, -0.2) is 24.4 Å². The molecule has 1 aliphatic heterocycles. The average molecular weight is 498 g/mol. The van der Waals surface area contributed by atoms with Crippen LogP contribution in [0.15, 0.2) is 71.6 Å². The van der Waals surface area contributed by atoms with Gasteiger partial charge in [0.25, 0.3) is 5.91 Å². The first-order valence-corrected chi connectivity index (χ1v) is 11.6. The number of benzene rings is 3. The Hall–Kier alpha value is -3.00. The monoisotopic (exact) mass is 497 g/mol. The molecule has 0 N–H and O–H groups in total. The van der Waals surface area contributed by atoms with E-state index in [0.29, 0.717) is 49.4 Å². The number of anilines is 1. The highest BCUT2D eigenvalue weighted by Crippen LogP contribution is 2.40. The summed E-state index contributed by atoms with van der Waals surface area (Å²) in [6.07, 6.45) is 1.75. The quantitative estimate of drug-likeness (QED) is 0.280. The Labute approximate surface area is 206 Å². The predicted octanol–water partition coefficient (Wildman–Crippen LogP) is 6.34. The Morgan fingerprint density at radius 2 is 1.76 bits per heavy atom. The number of amides is 1. The van der Waals surface area contributed by atoms with E-state index in [4.69, 9.17) is 38.0 Å². The van der Waals surface area contributed by atoms with Gasteiger partial charge in [-0.2, -0.15) is 0 Å². The van der Waals surface area contributed by atoms with Crippen molar-refractivity contribution in [1.29, 1.82) is 0 Å². The molecule has 0 aromatic heterocycles. The van der Waals surface area contributed by atoms with Crippen LogP contribution in [0.5, 0.6) is 17.2 Å². The summed E-state index contributed by atoms with van der Waals surface area (Å²) in [6.45, 7) is 0.358. The van der Waals surface area contributed by atoms with Crippen LogP contribution in [0.3, 0.4) is 0 Å². The van der Waals surface area contributed by atoms with Crippen LogP contribution in [0, 0.1) is 0 Å². The normalized spacial score (nSPS) is 14.6. The van der Waals surface area contributed by atoms with E-state index < -0.39 is 0 Å². The van der Waals surface area contributed by atoms with E-state index >= 15 is 0 Å². The lowest BCUT2D eigenvalue weighted by Crippen LogP contribution is -2.27. The van der Waals surface area contributed by atoms with Crippen molar-refractivity contribution < 1.29 is 19.0 Å². The zero-order chi connectivity index (χ0) is 23.4. The van der Waals surface area contributed by atoms with E-state index in [1.165, 1.54) is 16.7 Å². The lowest BCUT2D eigenvalue weighted by molar-refractivity contribution is -0.113. The van der Waals surface area contributed by atoms with Crippen molar-refractivity contribution in [2.24, 2.45) is 0 Å². The minimum absolute atomic E-state index is 0.199. The Balaban J connectivity index is 1.57. The molecule has 1 aliphatic rings. The first-order chi connectivity index (χ1) is 16.0. The van der Waals surface area contributed by atoms with Crippen LogP contribution < -0.4 is 19.1 Å². The molecule has 168 valence electrons. The van der Waals surface area contributed by atoms with E-state index in [1.807, 2.05) is 30.3 Å². The highest BCUT2D eigenvalue weighted by molar-refractivity contribution is 8.27. The summed E-state index contributed by atoms with van der Waals surface area (Å²) in [5, 5.41) is 0.391. The van der Waals surface area contributed by atoms with Gasteiger partial charge in [-0.25, -0.2) is 0 Å². The summed E-state index contributed by atoms with van der Waals surface area (Å²) in [5.41, 5.74) is 2.41. The molecule has 4 rings (SSSR count). The Kier molecular flexibility index (Phi) is 7.23. The lowest BCUT2D eigenvalue weighted by Gasteiger charge is -2.15. The number of rotatable bonds is 7. The van der Waals surface area contributed by atoms with Crippen molar-refractivity contribution in [3.05, 3.63) is 87.8 Å². The molecular formula is C25H20ClNO4S2. The molecule has 0 saturated carbocycles. The summed E-state index contributed by atoms with van der Waals surface area (Å²) in [6, 6.07) is 20.5. The highest BCUT2D eigenvalue weighted by Gasteiger charge is 2.33. The van der Waals surface area contributed by atoms with Crippen molar-refractivity contribution >= 4 is 57.6 Å². The van der Waals surface area contributed by atoms with Crippen LogP contribution >= 0.6 is 35.6 Å². The van der Waals surface area contributed by atoms with E-state index in [9.17, 15) is 4.79 Å². The van der Waals surface area contributed by atoms with Gasteiger partial charge < -0.3 is 14.2 Å². The molecule has 3 aromatic rings. The molecule has 1 saturated heterocycles. The Bertz CT molecular complexity index is 1210. The maximum atomic E-state index is 13.1. The number of carbonyl (C=O) groups excluding carboxylic acids is 1. The Morgan fingerprint density at radius 1 is 1.03 bits per heavy atom. The van der Waals surface area contributed by atoms with Gasteiger partial charge in [0.15, 0.2) is 15.8 Å². The number of carbonyl (C=O) groups is 1. The van der Waals surface area contributed by atoms with Gasteiger partial charge in [0.1, 0.15) is 12.4 Å². The first kappa shape index (κ1) is 23.2. The van der Waals surface area contributed by atoms with Gasteiger partial charge in [0.05, 0.1) is 29.8 Å². The third-order valence-corrected chi connectivity index (χ3v) is 6.48. The highest BCUT2D eigenvalue weighted by atomic mass is 35.5. The molecule has 0 bridgehead atoms. The maximum Gasteiger partial charge on any atom is 0.270 e. The van der Waals surface area contributed by atoms with Gasteiger partial charge in [-0.05, 0) is 53.6 Å². The van der Waals surface area contributed by atoms with Crippen molar-refractivity contribution in [3.8, 4) is 17.2 Å². The molecule has 3 aromatic carbocycles. The molecule has 1 amide bonds. The second-order valence-electron chi connectivity index (χ2n) is 7.02. The summed E-state index contributed by atoms with van der Waals surface area (Å²) in [4.78, 5) is 15.1. The SMILES string of the molecule is COc1ccc(N2C(=O)/C(=C\c3cc(Cl)c(OCc4ccccc4)c(OC)c3)SC2=S)cc1. The Morgan fingerprint density at radius 3 is 2.42 bits per heavy atom. The van der Waals surface area contributed by atoms with Crippen molar-refractivity contribution in [3.63, 3.8) is 0 Å². The summed E-state index contributed by atoms with van der Waals surface area (Å²) >= 11 is 13.2. The first-order valence-electron chi connectivity index (χ1n) is 9.96. The molecule has 1 heterocycles. The number of ether oxygens (including phenoxy) is 3. The van der Waals surface area contributed by atoms with Crippen molar-refractivity contribution in [2.75, 3.05) is 19.1 Å². The summed E-state index contributed by atoms with van der Waals surface area (Å²) in [5.74, 6) is 1.44.